The Labute approximate surface area is 117 Å². The lowest BCUT2D eigenvalue weighted by Crippen LogP contribution is -2.29. The van der Waals surface area contributed by atoms with Gasteiger partial charge in [-0.15, -0.1) is 0 Å². The Morgan fingerprint density at radius 1 is 1.05 bits per heavy atom. The molecule has 1 aromatic rings. The average Bonchev–Trinajstić information content (AvgIpc) is 2.45. The lowest BCUT2D eigenvalue weighted by Gasteiger charge is -2.22. The van der Waals surface area contributed by atoms with Crippen LogP contribution >= 0.6 is 0 Å². The highest BCUT2D eigenvalue weighted by molar-refractivity contribution is 5.14. The van der Waals surface area contributed by atoms with Crippen LogP contribution in [0.3, 0.4) is 0 Å². The van der Waals surface area contributed by atoms with Crippen LogP contribution in [-0.4, -0.2) is 37.7 Å². The van der Waals surface area contributed by atoms with E-state index >= 15 is 0 Å². The minimum atomic E-state index is 0.752. The third-order valence-corrected chi connectivity index (χ3v) is 3.12. The summed E-state index contributed by atoms with van der Waals surface area (Å²) in [6.45, 7) is 7.65. The molecule has 19 heavy (non-hydrogen) atoms. The van der Waals surface area contributed by atoms with Gasteiger partial charge in [-0.3, -0.25) is 4.90 Å². The van der Waals surface area contributed by atoms with Crippen LogP contribution in [0.25, 0.3) is 0 Å². The lowest BCUT2D eigenvalue weighted by molar-refractivity contribution is 0.0988. The van der Waals surface area contributed by atoms with Crippen molar-refractivity contribution < 1.29 is 4.74 Å². The summed E-state index contributed by atoms with van der Waals surface area (Å²) >= 11 is 0. The Kier molecular flexibility index (Phi) is 9.33. The minimum Gasteiger partial charge on any atom is -0.380 e. The van der Waals surface area contributed by atoms with Crippen LogP contribution in [0.1, 0.15) is 31.7 Å². The molecule has 0 aliphatic rings. The molecule has 2 N–H and O–H groups in total. The van der Waals surface area contributed by atoms with Gasteiger partial charge in [-0.25, -0.2) is 0 Å². The van der Waals surface area contributed by atoms with Gasteiger partial charge in [-0.05, 0) is 31.5 Å². The van der Waals surface area contributed by atoms with Gasteiger partial charge in [0.1, 0.15) is 0 Å². The maximum atomic E-state index is 5.65. The Morgan fingerprint density at radius 3 is 2.53 bits per heavy atom. The molecule has 3 heteroatoms. The topological polar surface area (TPSA) is 38.5 Å². The Balaban J connectivity index is 2.30. The first-order valence-electron chi connectivity index (χ1n) is 7.41. The standard InChI is InChI=1S/C16H28N2O/c1-2-3-13-19-14-12-18(11-7-10-17)15-16-8-5-4-6-9-16/h4-6,8-9H,2-3,7,10-15,17H2,1H3. The quantitative estimate of drug-likeness (QED) is 0.624. The molecule has 0 amide bonds. The third-order valence-electron chi connectivity index (χ3n) is 3.12. The molecule has 3 nitrogen and oxygen atoms in total. The summed E-state index contributed by atoms with van der Waals surface area (Å²) in [6.07, 6.45) is 3.39. The van der Waals surface area contributed by atoms with E-state index in [2.05, 4.69) is 42.2 Å². The number of rotatable bonds is 11. The van der Waals surface area contributed by atoms with E-state index in [4.69, 9.17) is 10.5 Å². The molecule has 0 radical (unpaired) electrons. The molecule has 108 valence electrons. The Hall–Kier alpha value is -0.900. The van der Waals surface area contributed by atoms with Crippen LogP contribution in [0.15, 0.2) is 30.3 Å². The molecule has 0 aliphatic carbocycles. The predicted octanol–water partition coefficient (Wildman–Crippen LogP) is 2.65. The van der Waals surface area contributed by atoms with Gasteiger partial charge < -0.3 is 10.5 Å². The molecule has 0 saturated carbocycles. The highest BCUT2D eigenvalue weighted by atomic mass is 16.5. The van der Waals surface area contributed by atoms with E-state index < -0.39 is 0 Å². The highest BCUT2D eigenvalue weighted by Gasteiger charge is 2.05. The molecule has 0 fully saturated rings. The molecule has 0 bridgehead atoms. The van der Waals surface area contributed by atoms with E-state index in [0.29, 0.717) is 0 Å². The largest absolute Gasteiger partial charge is 0.380 e. The molecule has 0 spiro atoms. The fourth-order valence-electron chi connectivity index (χ4n) is 1.97. The summed E-state index contributed by atoms with van der Waals surface area (Å²) in [5.74, 6) is 0. The number of nitrogens with zero attached hydrogens (tertiary/aromatic N) is 1. The summed E-state index contributed by atoms with van der Waals surface area (Å²) in [7, 11) is 0. The fraction of sp³-hybridized carbons (Fsp3) is 0.625. The fourth-order valence-corrected chi connectivity index (χ4v) is 1.97. The van der Waals surface area contributed by atoms with Crippen molar-refractivity contribution in [3.63, 3.8) is 0 Å². The number of nitrogens with two attached hydrogens (primary N) is 1. The van der Waals surface area contributed by atoms with Gasteiger partial charge in [0.25, 0.3) is 0 Å². The smallest absolute Gasteiger partial charge is 0.0593 e. The molecular formula is C16H28N2O. The van der Waals surface area contributed by atoms with Crippen molar-refractivity contribution in [2.24, 2.45) is 5.73 Å². The number of hydrogen-bond acceptors (Lipinski definition) is 3. The molecule has 0 saturated heterocycles. The molecule has 0 aromatic heterocycles. The SMILES string of the molecule is CCCCOCCN(CCCN)Cc1ccccc1. The summed E-state index contributed by atoms with van der Waals surface area (Å²) in [6, 6.07) is 10.6. The average molecular weight is 264 g/mol. The van der Waals surface area contributed by atoms with Crippen molar-refractivity contribution in [2.75, 3.05) is 32.8 Å². The van der Waals surface area contributed by atoms with Crippen molar-refractivity contribution >= 4 is 0 Å². The van der Waals surface area contributed by atoms with Crippen molar-refractivity contribution in [1.82, 2.24) is 4.90 Å². The molecule has 0 heterocycles. The number of ether oxygens (including phenoxy) is 1. The first-order chi connectivity index (χ1) is 9.36. The lowest BCUT2D eigenvalue weighted by atomic mass is 10.2. The zero-order chi connectivity index (χ0) is 13.8. The predicted molar refractivity (Wildman–Crippen MR) is 81.1 cm³/mol. The second-order valence-corrected chi connectivity index (χ2v) is 4.87. The third kappa shape index (κ3) is 7.98. The molecule has 0 atom stereocenters. The van der Waals surface area contributed by atoms with Crippen LogP contribution < -0.4 is 5.73 Å². The summed E-state index contributed by atoms with van der Waals surface area (Å²) in [5.41, 5.74) is 6.96. The first kappa shape index (κ1) is 16.2. The number of hydrogen-bond donors (Lipinski definition) is 1. The number of benzene rings is 1. The zero-order valence-electron chi connectivity index (χ0n) is 12.2. The molecule has 1 aromatic carbocycles. The van der Waals surface area contributed by atoms with Gasteiger partial charge >= 0.3 is 0 Å². The van der Waals surface area contributed by atoms with E-state index in [0.717, 1.165) is 52.2 Å². The highest BCUT2D eigenvalue weighted by Crippen LogP contribution is 2.05. The van der Waals surface area contributed by atoms with Crippen LogP contribution in [0.2, 0.25) is 0 Å². The van der Waals surface area contributed by atoms with Crippen molar-refractivity contribution in [3.05, 3.63) is 35.9 Å². The molecule has 0 aliphatic heterocycles. The molecular weight excluding hydrogens is 236 g/mol. The maximum Gasteiger partial charge on any atom is 0.0593 e. The van der Waals surface area contributed by atoms with E-state index in [1.807, 2.05) is 0 Å². The Morgan fingerprint density at radius 2 is 1.84 bits per heavy atom. The second-order valence-electron chi connectivity index (χ2n) is 4.87. The molecule has 1 rings (SSSR count). The van der Waals surface area contributed by atoms with Gasteiger partial charge in [0, 0.05) is 19.7 Å². The van der Waals surface area contributed by atoms with Crippen molar-refractivity contribution in [3.8, 4) is 0 Å². The normalized spacial score (nSPS) is 11.1. The van der Waals surface area contributed by atoms with Crippen molar-refractivity contribution in [1.29, 1.82) is 0 Å². The van der Waals surface area contributed by atoms with E-state index in [1.165, 1.54) is 12.0 Å². The van der Waals surface area contributed by atoms with E-state index in [9.17, 15) is 0 Å². The second kappa shape index (κ2) is 11.0. The van der Waals surface area contributed by atoms with Crippen LogP contribution in [-0.2, 0) is 11.3 Å². The van der Waals surface area contributed by atoms with Crippen LogP contribution in [0.4, 0.5) is 0 Å². The zero-order valence-corrected chi connectivity index (χ0v) is 12.2. The maximum absolute atomic E-state index is 5.65. The molecule has 0 unspecified atom stereocenters. The minimum absolute atomic E-state index is 0.752. The van der Waals surface area contributed by atoms with Crippen molar-refractivity contribution in [2.45, 2.75) is 32.7 Å². The summed E-state index contributed by atoms with van der Waals surface area (Å²) in [5, 5.41) is 0. The Bertz CT molecular complexity index is 303. The van der Waals surface area contributed by atoms with E-state index in [1.54, 1.807) is 0 Å². The summed E-state index contributed by atoms with van der Waals surface area (Å²) < 4.78 is 5.65. The van der Waals surface area contributed by atoms with Gasteiger partial charge in [-0.1, -0.05) is 43.7 Å². The van der Waals surface area contributed by atoms with Gasteiger partial charge in [-0.2, -0.15) is 0 Å². The first-order valence-corrected chi connectivity index (χ1v) is 7.41. The monoisotopic (exact) mass is 264 g/mol. The van der Waals surface area contributed by atoms with E-state index in [-0.39, 0.29) is 0 Å². The summed E-state index contributed by atoms with van der Waals surface area (Å²) in [4.78, 5) is 2.42. The van der Waals surface area contributed by atoms with Crippen LogP contribution in [0.5, 0.6) is 0 Å². The van der Waals surface area contributed by atoms with Gasteiger partial charge in [0.05, 0.1) is 6.61 Å². The number of unbranched alkanes of at least 4 members (excludes halogenated alkanes) is 1. The van der Waals surface area contributed by atoms with Gasteiger partial charge in [0.2, 0.25) is 0 Å². The van der Waals surface area contributed by atoms with Crippen LogP contribution in [0, 0.1) is 0 Å². The van der Waals surface area contributed by atoms with Gasteiger partial charge in [0.15, 0.2) is 0 Å².